The molecule has 0 aliphatic rings. The van der Waals surface area contributed by atoms with Crippen molar-refractivity contribution in [3.63, 3.8) is 0 Å². The molecule has 0 saturated heterocycles. The summed E-state index contributed by atoms with van der Waals surface area (Å²) >= 11 is 7.80. The summed E-state index contributed by atoms with van der Waals surface area (Å²) in [6.45, 7) is 2.09. The summed E-state index contributed by atoms with van der Waals surface area (Å²) < 4.78 is 23.0. The van der Waals surface area contributed by atoms with Gasteiger partial charge in [0.15, 0.2) is 0 Å². The summed E-state index contributed by atoms with van der Waals surface area (Å²) in [7, 11) is 0. The SMILES string of the molecule is Cc1nc2ccc(Br)cc2c(=O)n1N=Cc1cc(I)c(OCc2ccc(F)cc2)c(I)c1. The Morgan fingerprint density at radius 2 is 1.81 bits per heavy atom. The van der Waals surface area contributed by atoms with E-state index in [4.69, 9.17) is 4.74 Å². The predicted octanol–water partition coefficient (Wildman–Crippen LogP) is 6.28. The molecule has 0 amide bonds. The van der Waals surface area contributed by atoms with Gasteiger partial charge in [0.2, 0.25) is 0 Å². The Labute approximate surface area is 219 Å². The number of halogens is 4. The summed E-state index contributed by atoms with van der Waals surface area (Å²) in [4.78, 5) is 17.4. The van der Waals surface area contributed by atoms with Gasteiger partial charge >= 0.3 is 0 Å². The van der Waals surface area contributed by atoms with Crippen LogP contribution in [0.2, 0.25) is 0 Å². The Bertz CT molecular complexity index is 1380. The van der Waals surface area contributed by atoms with Crippen LogP contribution < -0.4 is 10.3 Å². The monoisotopic (exact) mass is 717 g/mol. The summed E-state index contributed by atoms with van der Waals surface area (Å²) in [5, 5.41) is 4.88. The van der Waals surface area contributed by atoms with E-state index in [1.165, 1.54) is 16.8 Å². The summed E-state index contributed by atoms with van der Waals surface area (Å²) in [5.74, 6) is 0.980. The first-order chi connectivity index (χ1) is 15.3. The standard InChI is InChI=1S/C23H15BrFI2N3O2/c1-13-29-21-7-4-16(24)10-18(21)23(31)30(13)28-11-15-8-19(26)22(20(27)9-15)32-12-14-2-5-17(25)6-3-14/h2-11H,12H2,1H3. The molecule has 3 aromatic carbocycles. The number of nitrogens with zero attached hydrogens (tertiary/aromatic N) is 3. The maximum Gasteiger partial charge on any atom is 0.282 e. The molecular formula is C23H15BrFI2N3O2. The second-order valence-corrected chi connectivity index (χ2v) is 10.2. The maximum atomic E-state index is 13.1. The molecular weight excluding hydrogens is 703 g/mol. The van der Waals surface area contributed by atoms with Crippen molar-refractivity contribution in [1.29, 1.82) is 0 Å². The molecule has 1 aromatic heterocycles. The molecule has 4 rings (SSSR count). The van der Waals surface area contributed by atoms with Gasteiger partial charge in [-0.3, -0.25) is 4.79 Å². The lowest BCUT2D eigenvalue weighted by molar-refractivity contribution is 0.301. The van der Waals surface area contributed by atoms with Gasteiger partial charge in [-0.2, -0.15) is 9.78 Å². The van der Waals surface area contributed by atoms with Gasteiger partial charge in [0.25, 0.3) is 5.56 Å². The van der Waals surface area contributed by atoms with Crippen LogP contribution in [0.25, 0.3) is 10.9 Å². The lowest BCUT2D eigenvalue weighted by Gasteiger charge is -2.11. The highest BCUT2D eigenvalue weighted by molar-refractivity contribution is 14.1. The highest BCUT2D eigenvalue weighted by Gasteiger charge is 2.11. The van der Waals surface area contributed by atoms with Gasteiger partial charge in [-0.1, -0.05) is 28.1 Å². The first-order valence-electron chi connectivity index (χ1n) is 9.41. The predicted molar refractivity (Wildman–Crippen MR) is 144 cm³/mol. The van der Waals surface area contributed by atoms with Crippen LogP contribution in [0.5, 0.6) is 5.75 Å². The van der Waals surface area contributed by atoms with Crippen molar-refractivity contribution in [1.82, 2.24) is 9.66 Å². The average molecular weight is 718 g/mol. The molecule has 0 unspecified atom stereocenters. The first kappa shape index (κ1) is 23.3. The smallest absolute Gasteiger partial charge is 0.282 e. The van der Waals surface area contributed by atoms with E-state index in [2.05, 4.69) is 71.2 Å². The Morgan fingerprint density at radius 3 is 2.50 bits per heavy atom. The number of rotatable bonds is 5. The van der Waals surface area contributed by atoms with E-state index in [-0.39, 0.29) is 11.4 Å². The van der Waals surface area contributed by atoms with Gasteiger partial charge in [0, 0.05) is 4.47 Å². The van der Waals surface area contributed by atoms with Crippen LogP contribution in [0.15, 0.2) is 69.0 Å². The van der Waals surface area contributed by atoms with E-state index in [0.29, 0.717) is 23.3 Å². The van der Waals surface area contributed by atoms with Crippen LogP contribution in [-0.2, 0) is 6.61 Å². The molecule has 32 heavy (non-hydrogen) atoms. The molecule has 0 bridgehead atoms. The van der Waals surface area contributed by atoms with E-state index >= 15 is 0 Å². The molecule has 162 valence electrons. The van der Waals surface area contributed by atoms with Crippen molar-refractivity contribution < 1.29 is 9.13 Å². The fourth-order valence-corrected chi connectivity index (χ4v) is 5.54. The molecule has 0 aliphatic carbocycles. The van der Waals surface area contributed by atoms with E-state index in [0.717, 1.165) is 28.5 Å². The third-order valence-electron chi connectivity index (χ3n) is 4.61. The van der Waals surface area contributed by atoms with Gasteiger partial charge < -0.3 is 4.74 Å². The number of fused-ring (bicyclic) bond motifs is 1. The molecule has 0 atom stereocenters. The van der Waals surface area contributed by atoms with Crippen LogP contribution in [0.1, 0.15) is 17.0 Å². The Kier molecular flexibility index (Phi) is 7.25. The lowest BCUT2D eigenvalue weighted by atomic mass is 10.2. The minimum Gasteiger partial charge on any atom is -0.487 e. The Balaban J connectivity index is 1.60. The molecule has 0 spiro atoms. The molecule has 4 aromatic rings. The van der Waals surface area contributed by atoms with Gasteiger partial charge in [-0.25, -0.2) is 9.37 Å². The maximum absolute atomic E-state index is 13.1. The zero-order valence-electron chi connectivity index (χ0n) is 16.7. The summed E-state index contributed by atoms with van der Waals surface area (Å²) in [6.07, 6.45) is 1.63. The number of aromatic nitrogens is 2. The highest BCUT2D eigenvalue weighted by atomic mass is 127. The van der Waals surface area contributed by atoms with Crippen molar-refractivity contribution in [2.24, 2.45) is 5.10 Å². The minimum atomic E-state index is -0.273. The molecule has 0 saturated carbocycles. The van der Waals surface area contributed by atoms with E-state index in [1.54, 1.807) is 37.4 Å². The first-order valence-corrected chi connectivity index (χ1v) is 12.4. The van der Waals surface area contributed by atoms with Gasteiger partial charge in [-0.05, 0) is 106 Å². The molecule has 0 aliphatic heterocycles. The van der Waals surface area contributed by atoms with Crippen LogP contribution in [0.4, 0.5) is 4.39 Å². The van der Waals surface area contributed by atoms with Crippen LogP contribution >= 0.6 is 61.1 Å². The van der Waals surface area contributed by atoms with Gasteiger partial charge in [0.1, 0.15) is 24.0 Å². The normalized spacial score (nSPS) is 11.4. The lowest BCUT2D eigenvalue weighted by Crippen LogP contribution is -2.20. The topological polar surface area (TPSA) is 56.5 Å². The largest absolute Gasteiger partial charge is 0.487 e. The van der Waals surface area contributed by atoms with Crippen LogP contribution in [0.3, 0.4) is 0 Å². The van der Waals surface area contributed by atoms with Gasteiger partial charge in [-0.15, -0.1) is 0 Å². The van der Waals surface area contributed by atoms with Crippen molar-refractivity contribution in [3.8, 4) is 5.75 Å². The average Bonchev–Trinajstić information content (AvgIpc) is 2.75. The second-order valence-electron chi connectivity index (χ2n) is 6.91. The minimum absolute atomic E-state index is 0.228. The summed E-state index contributed by atoms with van der Waals surface area (Å²) in [5.41, 5.74) is 2.12. The molecule has 0 N–H and O–H groups in total. The number of benzene rings is 3. The number of hydrogen-bond acceptors (Lipinski definition) is 4. The fraction of sp³-hybridized carbons (Fsp3) is 0.0870. The zero-order chi connectivity index (χ0) is 22.8. The van der Waals surface area contributed by atoms with Crippen LogP contribution in [0, 0.1) is 19.9 Å². The Hall–Kier alpha value is -1.86. The number of hydrogen-bond donors (Lipinski definition) is 0. The molecule has 9 heteroatoms. The van der Waals surface area contributed by atoms with Crippen molar-refractivity contribution >= 4 is 78.2 Å². The van der Waals surface area contributed by atoms with E-state index in [9.17, 15) is 9.18 Å². The highest BCUT2D eigenvalue weighted by Crippen LogP contribution is 2.29. The second kappa shape index (κ2) is 9.96. The molecule has 1 heterocycles. The summed E-state index contributed by atoms with van der Waals surface area (Å²) in [6, 6.07) is 15.5. The fourth-order valence-electron chi connectivity index (χ4n) is 3.05. The number of ether oxygens (including phenoxy) is 1. The molecule has 0 radical (unpaired) electrons. The molecule has 0 fully saturated rings. The number of aryl methyl sites for hydroxylation is 1. The Morgan fingerprint density at radius 1 is 1.12 bits per heavy atom. The van der Waals surface area contributed by atoms with E-state index in [1.807, 2.05) is 18.2 Å². The van der Waals surface area contributed by atoms with Crippen molar-refractivity contribution in [2.45, 2.75) is 13.5 Å². The van der Waals surface area contributed by atoms with Gasteiger partial charge in [0.05, 0.1) is 24.3 Å². The van der Waals surface area contributed by atoms with Crippen molar-refractivity contribution in [2.75, 3.05) is 0 Å². The third-order valence-corrected chi connectivity index (χ3v) is 6.71. The van der Waals surface area contributed by atoms with Crippen LogP contribution in [-0.4, -0.2) is 15.9 Å². The molecule has 5 nitrogen and oxygen atoms in total. The third kappa shape index (κ3) is 5.20. The van der Waals surface area contributed by atoms with E-state index < -0.39 is 0 Å². The zero-order valence-corrected chi connectivity index (χ0v) is 22.6. The van der Waals surface area contributed by atoms with Crippen molar-refractivity contribution in [3.05, 3.63) is 99.3 Å². The quantitative estimate of drug-likeness (QED) is 0.181.